The lowest BCUT2D eigenvalue weighted by Gasteiger charge is -2.15. The molecule has 1 aromatic carbocycles. The van der Waals surface area contributed by atoms with E-state index in [0.29, 0.717) is 18.9 Å². The first-order chi connectivity index (χ1) is 9.47. The molecule has 0 spiro atoms. The van der Waals surface area contributed by atoms with E-state index in [9.17, 15) is 9.59 Å². The molecular formula is C16H22N2O2. The van der Waals surface area contributed by atoms with Gasteiger partial charge in [0.1, 0.15) is 0 Å². The van der Waals surface area contributed by atoms with Crippen LogP contribution in [0.5, 0.6) is 0 Å². The van der Waals surface area contributed by atoms with Crippen molar-refractivity contribution in [3.63, 3.8) is 0 Å². The maximum absolute atomic E-state index is 11.6. The third kappa shape index (κ3) is 3.38. The zero-order chi connectivity index (χ0) is 14.7. The molecular weight excluding hydrogens is 252 g/mol. The van der Waals surface area contributed by atoms with Gasteiger partial charge in [0.15, 0.2) is 0 Å². The van der Waals surface area contributed by atoms with Crippen LogP contribution in [0.15, 0.2) is 18.2 Å². The highest BCUT2D eigenvalue weighted by Gasteiger charge is 2.21. The van der Waals surface area contributed by atoms with Gasteiger partial charge in [0.05, 0.1) is 0 Å². The lowest BCUT2D eigenvalue weighted by molar-refractivity contribution is -0.122. The fourth-order valence-corrected chi connectivity index (χ4v) is 2.54. The molecule has 20 heavy (non-hydrogen) atoms. The van der Waals surface area contributed by atoms with E-state index < -0.39 is 0 Å². The predicted octanol–water partition coefficient (Wildman–Crippen LogP) is 2.26. The summed E-state index contributed by atoms with van der Waals surface area (Å²) in [6.45, 7) is 6.97. The Balaban J connectivity index is 1.99. The van der Waals surface area contributed by atoms with Crippen LogP contribution in [0, 0.1) is 5.92 Å². The standard InChI is InChI=1S/C16H22N2O2/c1-11(2)8-16(20)17-10-13-4-5-15-14(9-13)6-7-18(15)12(3)19/h4-5,9,11H,6-8,10H2,1-3H3,(H,17,20). The van der Waals surface area contributed by atoms with Gasteiger partial charge in [0.25, 0.3) is 0 Å². The Bertz CT molecular complexity index is 523. The van der Waals surface area contributed by atoms with E-state index in [0.717, 1.165) is 24.2 Å². The van der Waals surface area contributed by atoms with Crippen LogP contribution in [0.1, 0.15) is 38.3 Å². The van der Waals surface area contributed by atoms with Crippen molar-refractivity contribution in [1.82, 2.24) is 5.32 Å². The van der Waals surface area contributed by atoms with E-state index >= 15 is 0 Å². The van der Waals surface area contributed by atoms with E-state index in [1.165, 1.54) is 5.56 Å². The third-order valence-corrected chi connectivity index (χ3v) is 3.50. The summed E-state index contributed by atoms with van der Waals surface area (Å²) in [7, 11) is 0. The second-order valence-electron chi connectivity index (χ2n) is 5.76. The van der Waals surface area contributed by atoms with Crippen molar-refractivity contribution in [1.29, 1.82) is 0 Å². The summed E-state index contributed by atoms with van der Waals surface area (Å²) < 4.78 is 0. The van der Waals surface area contributed by atoms with E-state index in [-0.39, 0.29) is 11.8 Å². The van der Waals surface area contributed by atoms with Crippen molar-refractivity contribution >= 4 is 17.5 Å². The van der Waals surface area contributed by atoms with Crippen LogP contribution < -0.4 is 10.2 Å². The molecule has 2 amide bonds. The Morgan fingerprint density at radius 1 is 1.35 bits per heavy atom. The highest BCUT2D eigenvalue weighted by molar-refractivity contribution is 5.93. The molecule has 1 heterocycles. The molecule has 0 saturated heterocycles. The van der Waals surface area contributed by atoms with Gasteiger partial charge in [0.2, 0.25) is 11.8 Å². The van der Waals surface area contributed by atoms with E-state index in [2.05, 4.69) is 11.4 Å². The largest absolute Gasteiger partial charge is 0.352 e. The van der Waals surface area contributed by atoms with E-state index in [4.69, 9.17) is 0 Å². The van der Waals surface area contributed by atoms with Crippen LogP contribution in [-0.2, 0) is 22.6 Å². The summed E-state index contributed by atoms with van der Waals surface area (Å²) in [5, 5.41) is 2.94. The van der Waals surface area contributed by atoms with Gasteiger partial charge in [-0.05, 0) is 29.5 Å². The smallest absolute Gasteiger partial charge is 0.223 e. The summed E-state index contributed by atoms with van der Waals surface area (Å²) in [6, 6.07) is 6.05. The lowest BCUT2D eigenvalue weighted by Crippen LogP contribution is -2.25. The molecule has 0 bridgehead atoms. The minimum absolute atomic E-state index is 0.0849. The fourth-order valence-electron chi connectivity index (χ4n) is 2.54. The summed E-state index contributed by atoms with van der Waals surface area (Å²) in [5.74, 6) is 0.548. The van der Waals surface area contributed by atoms with Crippen LogP contribution in [-0.4, -0.2) is 18.4 Å². The highest BCUT2D eigenvalue weighted by Crippen LogP contribution is 2.28. The molecule has 0 aromatic heterocycles. The number of anilines is 1. The lowest BCUT2D eigenvalue weighted by atomic mass is 10.1. The molecule has 2 rings (SSSR count). The zero-order valence-electron chi connectivity index (χ0n) is 12.4. The van der Waals surface area contributed by atoms with Crippen LogP contribution in [0.2, 0.25) is 0 Å². The predicted molar refractivity (Wildman–Crippen MR) is 79.5 cm³/mol. The quantitative estimate of drug-likeness (QED) is 0.915. The molecule has 1 aromatic rings. The molecule has 0 radical (unpaired) electrons. The highest BCUT2D eigenvalue weighted by atomic mass is 16.2. The number of rotatable bonds is 4. The maximum atomic E-state index is 11.6. The van der Waals surface area contributed by atoms with Crippen LogP contribution >= 0.6 is 0 Å². The number of fused-ring (bicyclic) bond motifs is 1. The van der Waals surface area contributed by atoms with Crippen LogP contribution in [0.3, 0.4) is 0 Å². The van der Waals surface area contributed by atoms with Gasteiger partial charge in [-0.2, -0.15) is 0 Å². The molecule has 4 nitrogen and oxygen atoms in total. The van der Waals surface area contributed by atoms with Crippen molar-refractivity contribution in [2.75, 3.05) is 11.4 Å². The van der Waals surface area contributed by atoms with Gasteiger partial charge in [-0.3, -0.25) is 9.59 Å². The Morgan fingerprint density at radius 3 is 2.75 bits per heavy atom. The number of carbonyl (C=O) groups is 2. The second-order valence-corrected chi connectivity index (χ2v) is 5.76. The third-order valence-electron chi connectivity index (χ3n) is 3.50. The molecule has 1 N–H and O–H groups in total. The monoisotopic (exact) mass is 274 g/mol. The van der Waals surface area contributed by atoms with E-state index in [1.54, 1.807) is 11.8 Å². The van der Waals surface area contributed by atoms with Crippen molar-refractivity contribution in [3.05, 3.63) is 29.3 Å². The van der Waals surface area contributed by atoms with Gasteiger partial charge >= 0.3 is 0 Å². The second kappa shape index (κ2) is 6.07. The number of carbonyl (C=O) groups excluding carboxylic acids is 2. The average molecular weight is 274 g/mol. The number of hydrogen-bond acceptors (Lipinski definition) is 2. The molecule has 1 aliphatic rings. The normalized spacial score (nSPS) is 13.5. The number of nitrogens with one attached hydrogen (secondary N) is 1. The minimum atomic E-state index is 0.0849. The first-order valence-electron chi connectivity index (χ1n) is 7.14. The summed E-state index contributed by atoms with van der Waals surface area (Å²) in [5.41, 5.74) is 3.29. The summed E-state index contributed by atoms with van der Waals surface area (Å²) in [6.07, 6.45) is 1.45. The van der Waals surface area contributed by atoms with Crippen molar-refractivity contribution < 1.29 is 9.59 Å². The molecule has 4 heteroatoms. The molecule has 0 unspecified atom stereocenters. The Morgan fingerprint density at radius 2 is 2.10 bits per heavy atom. The average Bonchev–Trinajstić information content (AvgIpc) is 2.78. The van der Waals surface area contributed by atoms with E-state index in [1.807, 2.05) is 26.0 Å². The minimum Gasteiger partial charge on any atom is -0.352 e. The van der Waals surface area contributed by atoms with Crippen LogP contribution in [0.25, 0.3) is 0 Å². The van der Waals surface area contributed by atoms with Gasteiger partial charge < -0.3 is 10.2 Å². The Hall–Kier alpha value is -1.84. The summed E-state index contributed by atoms with van der Waals surface area (Å²) in [4.78, 5) is 24.9. The molecule has 108 valence electrons. The summed E-state index contributed by atoms with van der Waals surface area (Å²) >= 11 is 0. The SMILES string of the molecule is CC(=O)N1CCc2cc(CNC(=O)CC(C)C)ccc21. The number of nitrogens with zero attached hydrogens (tertiary/aromatic N) is 1. The maximum Gasteiger partial charge on any atom is 0.223 e. The number of benzene rings is 1. The molecule has 1 aliphatic heterocycles. The van der Waals surface area contributed by atoms with Gasteiger partial charge in [-0.15, -0.1) is 0 Å². The first-order valence-corrected chi connectivity index (χ1v) is 7.14. The topological polar surface area (TPSA) is 49.4 Å². The Kier molecular flexibility index (Phi) is 4.42. The number of amides is 2. The van der Waals surface area contributed by atoms with Crippen molar-refractivity contribution in [2.24, 2.45) is 5.92 Å². The van der Waals surface area contributed by atoms with Gasteiger partial charge in [-0.25, -0.2) is 0 Å². The fraction of sp³-hybridized carbons (Fsp3) is 0.500. The molecule has 0 aliphatic carbocycles. The van der Waals surface area contributed by atoms with Crippen LogP contribution in [0.4, 0.5) is 5.69 Å². The molecule has 0 fully saturated rings. The number of hydrogen-bond donors (Lipinski definition) is 1. The first kappa shape index (κ1) is 14.6. The van der Waals surface area contributed by atoms with Gasteiger partial charge in [0, 0.05) is 32.1 Å². The molecule has 0 saturated carbocycles. The Labute approximate surface area is 120 Å². The molecule has 0 atom stereocenters. The van der Waals surface area contributed by atoms with Crippen molar-refractivity contribution in [2.45, 2.75) is 40.2 Å². The van der Waals surface area contributed by atoms with Crippen molar-refractivity contribution in [3.8, 4) is 0 Å². The van der Waals surface area contributed by atoms with Gasteiger partial charge in [-0.1, -0.05) is 26.0 Å². The zero-order valence-corrected chi connectivity index (χ0v) is 12.4.